The Kier molecular flexibility index (Phi) is 6.52. The zero-order chi connectivity index (χ0) is 12.7. The number of nitrogens with zero attached hydrogens (tertiary/aromatic N) is 1. The first-order chi connectivity index (χ1) is 8.08. The van der Waals surface area contributed by atoms with Crippen LogP contribution in [0.2, 0.25) is 0 Å². The molecule has 0 aromatic carbocycles. The van der Waals surface area contributed by atoms with Crippen molar-refractivity contribution in [2.45, 2.75) is 33.1 Å². The molecule has 0 saturated heterocycles. The van der Waals surface area contributed by atoms with Gasteiger partial charge < -0.3 is 9.84 Å². The summed E-state index contributed by atoms with van der Waals surface area (Å²) in [5.41, 5.74) is 0. The predicted molar refractivity (Wildman–Crippen MR) is 67.1 cm³/mol. The van der Waals surface area contributed by atoms with E-state index in [2.05, 4.69) is 13.8 Å². The minimum atomic E-state index is -0.743. The van der Waals surface area contributed by atoms with Gasteiger partial charge in [0.15, 0.2) is 0 Å². The van der Waals surface area contributed by atoms with Gasteiger partial charge in [0.2, 0.25) is 0 Å². The Morgan fingerprint density at radius 2 is 2.12 bits per heavy atom. The molecule has 0 atom stereocenters. The third kappa shape index (κ3) is 8.16. The molecular formula is C13H25NO3. The molecule has 1 fully saturated rings. The third-order valence-electron chi connectivity index (χ3n) is 2.96. The van der Waals surface area contributed by atoms with Gasteiger partial charge in [-0.3, -0.25) is 9.69 Å². The minimum Gasteiger partial charge on any atom is -0.480 e. The molecule has 17 heavy (non-hydrogen) atoms. The number of hydrogen-bond acceptors (Lipinski definition) is 3. The summed E-state index contributed by atoms with van der Waals surface area (Å²) in [6.07, 6.45) is 3.58. The average Bonchev–Trinajstić information content (AvgIpc) is 2.99. The highest BCUT2D eigenvalue weighted by atomic mass is 16.5. The summed E-state index contributed by atoms with van der Waals surface area (Å²) in [4.78, 5) is 12.7. The second kappa shape index (κ2) is 7.67. The smallest absolute Gasteiger partial charge is 0.317 e. The summed E-state index contributed by atoms with van der Waals surface area (Å²) in [5.74, 6) is 0.648. The van der Waals surface area contributed by atoms with Crippen LogP contribution in [0.3, 0.4) is 0 Å². The van der Waals surface area contributed by atoms with E-state index in [-0.39, 0.29) is 6.54 Å². The lowest BCUT2D eigenvalue weighted by Crippen LogP contribution is -2.34. The zero-order valence-corrected chi connectivity index (χ0v) is 11.0. The second-order valence-corrected chi connectivity index (χ2v) is 5.37. The Morgan fingerprint density at radius 1 is 1.41 bits per heavy atom. The number of aliphatic carboxylic acids is 1. The maximum atomic E-state index is 10.7. The van der Waals surface area contributed by atoms with Gasteiger partial charge in [-0.1, -0.05) is 13.8 Å². The topological polar surface area (TPSA) is 49.8 Å². The summed E-state index contributed by atoms with van der Waals surface area (Å²) in [6.45, 7) is 7.57. The number of carboxylic acids is 1. The van der Waals surface area contributed by atoms with Crippen LogP contribution in [0.5, 0.6) is 0 Å². The van der Waals surface area contributed by atoms with E-state index in [0.29, 0.717) is 12.5 Å². The molecule has 1 N–H and O–H groups in total. The number of ether oxygens (including phenoxy) is 1. The lowest BCUT2D eigenvalue weighted by Gasteiger charge is -2.19. The van der Waals surface area contributed by atoms with Crippen LogP contribution in [0.15, 0.2) is 0 Å². The minimum absolute atomic E-state index is 0.143. The van der Waals surface area contributed by atoms with Gasteiger partial charge in [0.1, 0.15) is 0 Å². The van der Waals surface area contributed by atoms with Crippen LogP contribution in [-0.4, -0.2) is 48.8 Å². The molecule has 0 bridgehead atoms. The largest absolute Gasteiger partial charge is 0.480 e. The molecule has 1 rings (SSSR count). The Hall–Kier alpha value is -0.610. The van der Waals surface area contributed by atoms with E-state index in [4.69, 9.17) is 9.84 Å². The molecule has 0 heterocycles. The Morgan fingerprint density at radius 3 is 2.65 bits per heavy atom. The van der Waals surface area contributed by atoms with Crippen molar-refractivity contribution in [3.63, 3.8) is 0 Å². The highest BCUT2D eigenvalue weighted by Crippen LogP contribution is 2.29. The number of carbonyl (C=O) groups is 1. The van der Waals surface area contributed by atoms with Gasteiger partial charge in [0.05, 0.1) is 13.2 Å². The number of carboxylic acid groups (broad SMARTS) is 1. The van der Waals surface area contributed by atoms with Crippen LogP contribution in [0, 0.1) is 11.8 Å². The molecule has 4 heteroatoms. The molecule has 0 spiro atoms. The van der Waals surface area contributed by atoms with E-state index >= 15 is 0 Å². The molecule has 1 aliphatic carbocycles. The lowest BCUT2D eigenvalue weighted by molar-refractivity contribution is -0.138. The van der Waals surface area contributed by atoms with Gasteiger partial charge in [-0.25, -0.2) is 0 Å². The highest BCUT2D eigenvalue weighted by molar-refractivity contribution is 5.69. The Bertz CT molecular complexity index is 227. The van der Waals surface area contributed by atoms with Crippen LogP contribution in [-0.2, 0) is 9.53 Å². The monoisotopic (exact) mass is 243 g/mol. The summed E-state index contributed by atoms with van der Waals surface area (Å²) < 4.78 is 5.52. The zero-order valence-electron chi connectivity index (χ0n) is 11.0. The standard InChI is InChI=1S/C13H25NO3/c1-11(2)5-7-17-8-6-14(10-13(15)16)9-12-3-4-12/h11-12H,3-10H2,1-2H3,(H,15,16). The van der Waals surface area contributed by atoms with Crippen molar-refractivity contribution in [1.82, 2.24) is 4.90 Å². The fraction of sp³-hybridized carbons (Fsp3) is 0.923. The van der Waals surface area contributed by atoms with Crippen LogP contribution in [0.4, 0.5) is 0 Å². The lowest BCUT2D eigenvalue weighted by atomic mass is 10.1. The van der Waals surface area contributed by atoms with Crippen molar-refractivity contribution >= 4 is 5.97 Å². The molecule has 1 aliphatic rings. The van der Waals surface area contributed by atoms with E-state index in [1.165, 1.54) is 12.8 Å². The molecule has 0 aliphatic heterocycles. The quantitative estimate of drug-likeness (QED) is 0.595. The van der Waals surface area contributed by atoms with Gasteiger partial charge in [-0.15, -0.1) is 0 Å². The van der Waals surface area contributed by atoms with E-state index in [1.807, 2.05) is 4.90 Å². The van der Waals surface area contributed by atoms with Crippen molar-refractivity contribution in [1.29, 1.82) is 0 Å². The Labute approximate surface area is 104 Å². The first kappa shape index (κ1) is 14.5. The number of hydrogen-bond donors (Lipinski definition) is 1. The van der Waals surface area contributed by atoms with Crippen LogP contribution >= 0.6 is 0 Å². The van der Waals surface area contributed by atoms with Crippen molar-refractivity contribution in [2.75, 3.05) is 32.8 Å². The van der Waals surface area contributed by atoms with Crippen molar-refractivity contribution in [3.05, 3.63) is 0 Å². The second-order valence-electron chi connectivity index (χ2n) is 5.37. The number of rotatable bonds is 10. The third-order valence-corrected chi connectivity index (χ3v) is 2.96. The van der Waals surface area contributed by atoms with E-state index < -0.39 is 5.97 Å². The van der Waals surface area contributed by atoms with Gasteiger partial charge in [-0.05, 0) is 31.1 Å². The normalized spacial score (nSPS) is 15.8. The highest BCUT2D eigenvalue weighted by Gasteiger charge is 2.24. The van der Waals surface area contributed by atoms with Crippen LogP contribution < -0.4 is 0 Å². The van der Waals surface area contributed by atoms with Crippen LogP contribution in [0.25, 0.3) is 0 Å². The van der Waals surface area contributed by atoms with E-state index in [1.54, 1.807) is 0 Å². The molecule has 0 unspecified atom stereocenters. The van der Waals surface area contributed by atoms with Crippen molar-refractivity contribution < 1.29 is 14.6 Å². The van der Waals surface area contributed by atoms with E-state index in [0.717, 1.165) is 32.0 Å². The fourth-order valence-electron chi connectivity index (χ4n) is 1.71. The molecule has 4 nitrogen and oxygen atoms in total. The molecule has 100 valence electrons. The van der Waals surface area contributed by atoms with Crippen molar-refractivity contribution in [3.8, 4) is 0 Å². The maximum Gasteiger partial charge on any atom is 0.317 e. The van der Waals surface area contributed by atoms with E-state index in [9.17, 15) is 4.79 Å². The van der Waals surface area contributed by atoms with Gasteiger partial charge in [0, 0.05) is 19.7 Å². The fourth-order valence-corrected chi connectivity index (χ4v) is 1.71. The van der Waals surface area contributed by atoms with Gasteiger partial charge in [0.25, 0.3) is 0 Å². The molecule has 1 saturated carbocycles. The summed E-state index contributed by atoms with van der Waals surface area (Å²) in [5, 5.41) is 8.81. The predicted octanol–water partition coefficient (Wildman–Crippen LogP) is 1.85. The average molecular weight is 243 g/mol. The molecular weight excluding hydrogens is 218 g/mol. The first-order valence-corrected chi connectivity index (χ1v) is 6.60. The molecule has 0 aromatic rings. The maximum absolute atomic E-state index is 10.7. The first-order valence-electron chi connectivity index (χ1n) is 6.60. The molecule has 0 amide bonds. The van der Waals surface area contributed by atoms with Crippen molar-refractivity contribution in [2.24, 2.45) is 11.8 Å². The molecule has 0 radical (unpaired) electrons. The summed E-state index contributed by atoms with van der Waals surface area (Å²) in [7, 11) is 0. The molecule has 0 aromatic heterocycles. The van der Waals surface area contributed by atoms with Gasteiger partial charge >= 0.3 is 5.97 Å². The Balaban J connectivity index is 2.07. The van der Waals surface area contributed by atoms with Gasteiger partial charge in [-0.2, -0.15) is 0 Å². The SMILES string of the molecule is CC(C)CCOCCN(CC(=O)O)CC1CC1. The summed E-state index contributed by atoms with van der Waals surface area (Å²) >= 11 is 0. The van der Waals surface area contributed by atoms with Crippen LogP contribution in [0.1, 0.15) is 33.1 Å². The summed E-state index contributed by atoms with van der Waals surface area (Å²) in [6, 6.07) is 0.